The molecule has 2 heterocycles. The zero-order valence-corrected chi connectivity index (χ0v) is 32.2. The Labute approximate surface area is 308 Å². The summed E-state index contributed by atoms with van der Waals surface area (Å²) in [5.74, 6) is -1.39. The molecule has 5 rings (SSSR count). The lowest BCUT2D eigenvalue weighted by Gasteiger charge is -2.39. The summed E-state index contributed by atoms with van der Waals surface area (Å²) in [7, 11) is 0. The number of nitrogens with one attached hydrogen (secondary N) is 4. The first-order valence-electron chi connectivity index (χ1n) is 19.0. The van der Waals surface area contributed by atoms with Gasteiger partial charge in [-0.2, -0.15) is 0 Å². The van der Waals surface area contributed by atoms with Crippen LogP contribution in [0.15, 0.2) is 30.3 Å². The van der Waals surface area contributed by atoms with E-state index in [0.717, 1.165) is 18.4 Å². The molecule has 2 bridgehead atoms. The molecule has 2 saturated heterocycles. The largest absolute Gasteiger partial charge is 0.336 e. The Morgan fingerprint density at radius 3 is 2.02 bits per heavy atom. The standard InChI is InChI=1S/C39H59N7O6/c1-23-18-19-44(30(23)32(47)43-46(21-25-14-15-25)37(52)40-24(2)26-12-10-9-11-13-26)35(50)31(39(6,7)8)42-36(51)41-29(38(3,4)5)22-45-33(48)27-16-17-28(20-27)34(45)49/h9-13,23-25,27-31H,14-22H2,1-8H3,(H,40,52)(H,43,47)(H2,41,42,51)/t23-,24-,27?,28?,29+,30-,31+/m0/s1. The molecule has 1 aromatic carbocycles. The predicted octanol–water partition coefficient (Wildman–Crippen LogP) is 4.35. The minimum absolute atomic E-state index is 0.0522. The number of rotatable bonds is 10. The topological polar surface area (TPSA) is 160 Å². The molecule has 2 aliphatic carbocycles. The Kier molecular flexibility index (Phi) is 11.6. The summed E-state index contributed by atoms with van der Waals surface area (Å²) < 4.78 is 0. The molecule has 7 atom stereocenters. The molecule has 52 heavy (non-hydrogen) atoms. The van der Waals surface area contributed by atoms with Crippen LogP contribution in [0, 0.1) is 34.5 Å². The van der Waals surface area contributed by atoms with Crippen LogP contribution in [-0.2, 0) is 19.2 Å². The predicted molar refractivity (Wildman–Crippen MR) is 196 cm³/mol. The van der Waals surface area contributed by atoms with Gasteiger partial charge in [0.15, 0.2) is 0 Å². The summed E-state index contributed by atoms with van der Waals surface area (Å²) in [4.78, 5) is 84.7. The minimum Gasteiger partial charge on any atom is -0.333 e. The fourth-order valence-electron chi connectivity index (χ4n) is 7.64. The molecule has 0 aromatic heterocycles. The molecular weight excluding hydrogens is 662 g/mol. The van der Waals surface area contributed by atoms with Crippen molar-refractivity contribution in [3.8, 4) is 0 Å². The fourth-order valence-corrected chi connectivity index (χ4v) is 7.64. The van der Waals surface area contributed by atoms with Crippen molar-refractivity contribution >= 4 is 35.7 Å². The van der Waals surface area contributed by atoms with E-state index in [1.165, 1.54) is 14.8 Å². The van der Waals surface area contributed by atoms with Gasteiger partial charge in [0, 0.05) is 31.5 Å². The first-order valence-corrected chi connectivity index (χ1v) is 19.0. The summed E-state index contributed by atoms with van der Waals surface area (Å²) in [5, 5.41) is 10.2. The van der Waals surface area contributed by atoms with Crippen LogP contribution in [0.4, 0.5) is 9.59 Å². The first-order chi connectivity index (χ1) is 24.3. The van der Waals surface area contributed by atoms with Gasteiger partial charge in [-0.3, -0.25) is 29.5 Å². The third kappa shape index (κ3) is 9.06. The van der Waals surface area contributed by atoms with Gasteiger partial charge in [-0.1, -0.05) is 78.8 Å². The second-order valence-electron chi connectivity index (χ2n) is 17.7. The molecule has 13 heteroatoms. The van der Waals surface area contributed by atoms with Crippen LogP contribution in [0.2, 0.25) is 0 Å². The number of carbonyl (C=O) groups excluding carboxylic acids is 6. The van der Waals surface area contributed by atoms with Gasteiger partial charge in [0.1, 0.15) is 12.1 Å². The van der Waals surface area contributed by atoms with Crippen molar-refractivity contribution in [1.29, 1.82) is 0 Å². The van der Waals surface area contributed by atoms with E-state index in [1.54, 1.807) is 0 Å². The molecule has 0 radical (unpaired) electrons. The summed E-state index contributed by atoms with van der Waals surface area (Å²) >= 11 is 0. The molecule has 2 unspecified atom stereocenters. The van der Waals surface area contributed by atoms with Crippen LogP contribution in [0.3, 0.4) is 0 Å². The highest BCUT2D eigenvalue weighted by molar-refractivity contribution is 6.01. The zero-order chi connectivity index (χ0) is 38.1. The number of imide groups is 1. The smallest absolute Gasteiger partial charge is 0.333 e. The Balaban J connectivity index is 1.27. The van der Waals surface area contributed by atoms with E-state index in [4.69, 9.17) is 0 Å². The molecule has 13 nitrogen and oxygen atoms in total. The third-order valence-corrected chi connectivity index (χ3v) is 11.3. The maximum absolute atomic E-state index is 14.4. The number of hydrogen-bond acceptors (Lipinski definition) is 6. The van der Waals surface area contributed by atoms with Gasteiger partial charge in [-0.25, -0.2) is 14.6 Å². The SMILES string of the molecule is C[C@H](NC(=O)N(CC1CC1)NC(=O)[C@@H]1[C@@H](C)CCN1C(=O)[C@@H](NC(=O)N[C@H](CN1C(=O)C2CCC(C2)C1=O)C(C)(C)C)C(C)(C)C)c1ccccc1. The lowest BCUT2D eigenvalue weighted by molar-refractivity contribution is -0.153. The van der Waals surface area contributed by atoms with Gasteiger partial charge < -0.3 is 20.9 Å². The molecule has 286 valence electrons. The monoisotopic (exact) mass is 721 g/mol. The Hall–Kier alpha value is -4.16. The van der Waals surface area contributed by atoms with Gasteiger partial charge in [0.25, 0.3) is 5.91 Å². The van der Waals surface area contributed by atoms with Crippen LogP contribution in [0.25, 0.3) is 0 Å². The minimum atomic E-state index is -1.000. The van der Waals surface area contributed by atoms with E-state index in [9.17, 15) is 28.8 Å². The van der Waals surface area contributed by atoms with E-state index < -0.39 is 52.8 Å². The molecule has 0 spiro atoms. The number of nitrogens with zero attached hydrogens (tertiary/aromatic N) is 3. The van der Waals surface area contributed by atoms with Gasteiger partial charge in [-0.05, 0) is 73.7 Å². The van der Waals surface area contributed by atoms with Gasteiger partial charge in [0.05, 0.1) is 12.1 Å². The number of carbonyl (C=O) groups is 6. The number of piperidine rings is 1. The normalized spacial score (nSPS) is 24.9. The third-order valence-electron chi connectivity index (χ3n) is 11.3. The van der Waals surface area contributed by atoms with Crippen LogP contribution in [-0.4, -0.2) is 88.3 Å². The average molecular weight is 722 g/mol. The second-order valence-corrected chi connectivity index (χ2v) is 17.7. The first kappa shape index (κ1) is 39.1. The summed E-state index contributed by atoms with van der Waals surface area (Å²) in [6, 6.07) is 5.87. The van der Waals surface area contributed by atoms with Gasteiger partial charge in [0.2, 0.25) is 17.7 Å². The van der Waals surface area contributed by atoms with E-state index in [-0.39, 0.29) is 42.2 Å². The highest BCUT2D eigenvalue weighted by atomic mass is 16.2. The maximum atomic E-state index is 14.4. The van der Waals surface area contributed by atoms with E-state index >= 15 is 0 Å². The van der Waals surface area contributed by atoms with Crippen LogP contribution in [0.5, 0.6) is 0 Å². The molecule has 2 aliphatic heterocycles. The molecule has 2 saturated carbocycles. The number of fused-ring (bicyclic) bond motifs is 2. The molecule has 4 N–H and O–H groups in total. The van der Waals surface area contributed by atoms with Crippen molar-refractivity contribution in [3.05, 3.63) is 35.9 Å². The highest BCUT2D eigenvalue weighted by Gasteiger charge is 2.48. The van der Waals surface area contributed by atoms with Crippen LogP contribution < -0.4 is 21.4 Å². The number of amides is 8. The molecular formula is C39H59N7O6. The van der Waals surface area contributed by atoms with Crippen molar-refractivity contribution in [1.82, 2.24) is 36.2 Å². The maximum Gasteiger partial charge on any atom is 0.336 e. The van der Waals surface area contributed by atoms with Gasteiger partial charge >= 0.3 is 12.1 Å². The Bertz CT molecular complexity index is 1490. The number of urea groups is 2. The Morgan fingerprint density at radius 1 is 0.846 bits per heavy atom. The lowest BCUT2D eigenvalue weighted by atomic mass is 9.84. The quantitative estimate of drug-likeness (QED) is 0.208. The molecule has 4 aliphatic rings. The molecule has 8 amide bonds. The van der Waals surface area contributed by atoms with Crippen molar-refractivity contribution < 1.29 is 28.8 Å². The summed E-state index contributed by atoms with van der Waals surface area (Å²) in [6.45, 7) is 15.9. The number of hydrazine groups is 1. The van der Waals surface area contributed by atoms with Crippen molar-refractivity contribution in [2.24, 2.45) is 34.5 Å². The number of likely N-dealkylation sites (tertiary alicyclic amines) is 2. The van der Waals surface area contributed by atoms with E-state index in [2.05, 4.69) is 21.4 Å². The van der Waals surface area contributed by atoms with Crippen molar-refractivity contribution in [3.63, 3.8) is 0 Å². The zero-order valence-electron chi connectivity index (χ0n) is 32.2. The Morgan fingerprint density at radius 2 is 1.46 bits per heavy atom. The van der Waals surface area contributed by atoms with E-state index in [1.807, 2.05) is 85.7 Å². The number of hydrogen-bond donors (Lipinski definition) is 4. The van der Waals surface area contributed by atoms with Gasteiger partial charge in [-0.15, -0.1) is 0 Å². The van der Waals surface area contributed by atoms with Crippen molar-refractivity contribution in [2.45, 2.75) is 118 Å². The molecule has 1 aromatic rings. The fraction of sp³-hybridized carbons (Fsp3) is 0.692. The second kappa shape index (κ2) is 15.4. The van der Waals surface area contributed by atoms with Crippen LogP contribution >= 0.6 is 0 Å². The summed E-state index contributed by atoms with van der Waals surface area (Å²) in [6.07, 6.45) is 4.55. The van der Waals surface area contributed by atoms with E-state index in [0.29, 0.717) is 44.7 Å². The lowest BCUT2D eigenvalue weighted by Crippen LogP contribution is -2.63. The highest BCUT2D eigenvalue weighted by Crippen LogP contribution is 2.39. The molecule has 4 fully saturated rings. The average Bonchev–Trinajstić information content (AvgIpc) is 3.62. The van der Waals surface area contributed by atoms with Crippen molar-refractivity contribution in [2.75, 3.05) is 19.6 Å². The van der Waals surface area contributed by atoms with Crippen LogP contribution in [0.1, 0.15) is 106 Å². The summed E-state index contributed by atoms with van der Waals surface area (Å²) in [5.41, 5.74) is 2.54. The number of benzene rings is 1.